The molecule has 0 heterocycles. The van der Waals surface area contributed by atoms with E-state index >= 15 is 0 Å². The third-order valence-corrected chi connectivity index (χ3v) is 5.94. The highest BCUT2D eigenvalue weighted by Gasteiger charge is 2.19. The lowest BCUT2D eigenvalue weighted by atomic mass is 10.1. The van der Waals surface area contributed by atoms with Crippen molar-refractivity contribution in [2.75, 3.05) is 4.72 Å². The average Bonchev–Trinajstić information content (AvgIpc) is 2.74. The van der Waals surface area contributed by atoms with Crippen molar-refractivity contribution in [2.24, 2.45) is 0 Å². The van der Waals surface area contributed by atoms with Crippen LogP contribution in [-0.2, 0) is 16.4 Å². The molecule has 0 aliphatic rings. The fraction of sp³-hybridized carbons (Fsp3) is 0.174. The van der Waals surface area contributed by atoms with E-state index in [1.165, 1.54) is 17.7 Å². The minimum Gasteiger partial charge on any atom is -0.350 e. The van der Waals surface area contributed by atoms with Gasteiger partial charge < -0.3 is 5.32 Å². The SMILES string of the molecule is C[C@@H](CCc1ccccc1)NC(=O)c1ccccc1NS(=O)(=O)c1ccccc1. The Kier molecular flexibility index (Phi) is 6.67. The van der Waals surface area contributed by atoms with E-state index in [4.69, 9.17) is 0 Å². The highest BCUT2D eigenvalue weighted by Crippen LogP contribution is 2.20. The van der Waals surface area contributed by atoms with Crippen LogP contribution in [0.2, 0.25) is 0 Å². The van der Waals surface area contributed by atoms with Gasteiger partial charge in [0.1, 0.15) is 0 Å². The van der Waals surface area contributed by atoms with E-state index in [1.807, 2.05) is 25.1 Å². The second-order valence-corrected chi connectivity index (χ2v) is 8.55. The van der Waals surface area contributed by atoms with Crippen LogP contribution >= 0.6 is 0 Å². The summed E-state index contributed by atoms with van der Waals surface area (Å²) in [6.07, 6.45) is 1.64. The second-order valence-electron chi connectivity index (χ2n) is 6.86. The minimum absolute atomic E-state index is 0.0542. The maximum Gasteiger partial charge on any atom is 0.261 e. The van der Waals surface area contributed by atoms with E-state index < -0.39 is 10.0 Å². The number of para-hydroxylation sites is 1. The van der Waals surface area contributed by atoms with Crippen molar-refractivity contribution in [3.05, 3.63) is 96.1 Å². The first kappa shape index (κ1) is 20.6. The first-order chi connectivity index (χ1) is 14.0. The lowest BCUT2D eigenvalue weighted by Gasteiger charge is -2.16. The summed E-state index contributed by atoms with van der Waals surface area (Å²) in [6, 6.07) is 24.7. The molecule has 6 heteroatoms. The highest BCUT2D eigenvalue weighted by molar-refractivity contribution is 7.92. The number of hydrogen-bond donors (Lipinski definition) is 2. The lowest BCUT2D eigenvalue weighted by Crippen LogP contribution is -2.33. The van der Waals surface area contributed by atoms with E-state index in [-0.39, 0.29) is 22.5 Å². The Morgan fingerprint density at radius 2 is 1.45 bits per heavy atom. The first-order valence-corrected chi connectivity index (χ1v) is 11.0. The standard InChI is InChI=1S/C23H24N2O3S/c1-18(16-17-19-10-4-2-5-11-19)24-23(26)21-14-8-9-15-22(21)25-29(27,28)20-12-6-3-7-13-20/h2-15,18,25H,16-17H2,1H3,(H,24,26)/t18-/m0/s1. The van der Waals surface area contributed by atoms with Crippen molar-refractivity contribution in [3.63, 3.8) is 0 Å². The minimum atomic E-state index is -3.77. The fourth-order valence-corrected chi connectivity index (χ4v) is 4.08. The van der Waals surface area contributed by atoms with E-state index in [0.717, 1.165) is 12.8 Å². The van der Waals surface area contributed by atoms with Gasteiger partial charge in [0.2, 0.25) is 0 Å². The van der Waals surface area contributed by atoms with Crippen LogP contribution in [-0.4, -0.2) is 20.4 Å². The largest absolute Gasteiger partial charge is 0.350 e. The Morgan fingerprint density at radius 1 is 0.862 bits per heavy atom. The van der Waals surface area contributed by atoms with Crippen molar-refractivity contribution in [1.82, 2.24) is 5.32 Å². The molecule has 3 rings (SSSR count). The van der Waals surface area contributed by atoms with Crippen LogP contribution in [0.3, 0.4) is 0 Å². The smallest absolute Gasteiger partial charge is 0.261 e. The van der Waals surface area contributed by atoms with Gasteiger partial charge >= 0.3 is 0 Å². The zero-order valence-corrected chi connectivity index (χ0v) is 17.0. The predicted octanol–water partition coefficient (Wildman–Crippen LogP) is 4.24. The number of amides is 1. The van der Waals surface area contributed by atoms with Gasteiger partial charge in [0, 0.05) is 6.04 Å². The van der Waals surface area contributed by atoms with Crippen LogP contribution in [0, 0.1) is 0 Å². The molecule has 0 radical (unpaired) electrons. The molecular formula is C23H24N2O3S. The number of sulfonamides is 1. The van der Waals surface area contributed by atoms with Gasteiger partial charge in [0.15, 0.2) is 0 Å². The number of nitrogens with one attached hydrogen (secondary N) is 2. The van der Waals surface area contributed by atoms with Crippen LogP contribution in [0.4, 0.5) is 5.69 Å². The van der Waals surface area contributed by atoms with Crippen LogP contribution in [0.1, 0.15) is 29.3 Å². The fourth-order valence-electron chi connectivity index (χ4n) is 2.98. The van der Waals surface area contributed by atoms with E-state index in [1.54, 1.807) is 42.5 Å². The van der Waals surface area contributed by atoms with Gasteiger partial charge in [-0.3, -0.25) is 9.52 Å². The third kappa shape index (κ3) is 5.68. The molecule has 1 atom stereocenters. The van der Waals surface area contributed by atoms with Crippen molar-refractivity contribution in [3.8, 4) is 0 Å². The van der Waals surface area contributed by atoms with Crippen LogP contribution in [0.15, 0.2) is 89.8 Å². The quantitative estimate of drug-likeness (QED) is 0.585. The summed E-state index contributed by atoms with van der Waals surface area (Å²) in [6.45, 7) is 1.94. The van der Waals surface area contributed by atoms with Crippen LogP contribution in [0.25, 0.3) is 0 Å². The summed E-state index contributed by atoms with van der Waals surface area (Å²) in [5, 5.41) is 2.96. The van der Waals surface area contributed by atoms with E-state index in [0.29, 0.717) is 5.56 Å². The monoisotopic (exact) mass is 408 g/mol. The van der Waals surface area contributed by atoms with Gasteiger partial charge in [0.05, 0.1) is 16.1 Å². The molecule has 0 spiro atoms. The number of aryl methyl sites for hydroxylation is 1. The second kappa shape index (κ2) is 9.39. The summed E-state index contributed by atoms with van der Waals surface area (Å²) in [5.41, 5.74) is 1.76. The normalized spacial score (nSPS) is 12.2. The summed E-state index contributed by atoms with van der Waals surface area (Å²) in [7, 11) is -3.77. The molecule has 0 saturated heterocycles. The Morgan fingerprint density at radius 3 is 2.14 bits per heavy atom. The molecule has 3 aromatic carbocycles. The van der Waals surface area contributed by atoms with Crippen molar-refractivity contribution in [2.45, 2.75) is 30.7 Å². The maximum atomic E-state index is 12.8. The molecule has 29 heavy (non-hydrogen) atoms. The zero-order valence-electron chi connectivity index (χ0n) is 16.2. The average molecular weight is 409 g/mol. The first-order valence-electron chi connectivity index (χ1n) is 9.47. The number of anilines is 1. The predicted molar refractivity (Wildman–Crippen MR) is 115 cm³/mol. The highest BCUT2D eigenvalue weighted by atomic mass is 32.2. The van der Waals surface area contributed by atoms with Crippen LogP contribution < -0.4 is 10.0 Å². The molecule has 0 unspecified atom stereocenters. The molecule has 0 fully saturated rings. The number of carbonyl (C=O) groups is 1. The van der Waals surface area contributed by atoms with Crippen molar-refractivity contribution in [1.29, 1.82) is 0 Å². The van der Waals surface area contributed by atoms with Crippen molar-refractivity contribution >= 4 is 21.6 Å². The summed E-state index contributed by atoms with van der Waals surface area (Å²) in [4.78, 5) is 12.9. The molecule has 0 aliphatic carbocycles. The number of hydrogen-bond acceptors (Lipinski definition) is 3. The Bertz CT molecular complexity index is 1050. The van der Waals surface area contributed by atoms with Gasteiger partial charge in [-0.1, -0.05) is 60.7 Å². The van der Waals surface area contributed by atoms with Gasteiger partial charge in [-0.05, 0) is 49.6 Å². The molecule has 5 nitrogen and oxygen atoms in total. The topological polar surface area (TPSA) is 75.3 Å². The molecule has 3 aromatic rings. The lowest BCUT2D eigenvalue weighted by molar-refractivity contribution is 0.0939. The Hall–Kier alpha value is -3.12. The molecule has 0 saturated carbocycles. The number of benzene rings is 3. The van der Waals surface area contributed by atoms with E-state index in [9.17, 15) is 13.2 Å². The number of rotatable bonds is 8. The Balaban J connectivity index is 1.68. The van der Waals surface area contributed by atoms with E-state index in [2.05, 4.69) is 22.2 Å². The molecule has 2 N–H and O–H groups in total. The Labute approximate surface area is 171 Å². The zero-order chi connectivity index (χ0) is 20.7. The summed E-state index contributed by atoms with van der Waals surface area (Å²) >= 11 is 0. The van der Waals surface area contributed by atoms with Gasteiger partial charge in [-0.25, -0.2) is 8.42 Å². The third-order valence-electron chi connectivity index (χ3n) is 4.56. The van der Waals surface area contributed by atoms with Crippen molar-refractivity contribution < 1.29 is 13.2 Å². The van der Waals surface area contributed by atoms with Gasteiger partial charge in [-0.15, -0.1) is 0 Å². The van der Waals surface area contributed by atoms with Crippen LogP contribution in [0.5, 0.6) is 0 Å². The summed E-state index contributed by atoms with van der Waals surface area (Å²) < 4.78 is 27.8. The maximum absolute atomic E-state index is 12.8. The number of carbonyl (C=O) groups excluding carboxylic acids is 1. The molecule has 0 aliphatic heterocycles. The van der Waals surface area contributed by atoms with Gasteiger partial charge in [0.25, 0.3) is 15.9 Å². The molecular weight excluding hydrogens is 384 g/mol. The van der Waals surface area contributed by atoms with Gasteiger partial charge in [-0.2, -0.15) is 0 Å². The summed E-state index contributed by atoms with van der Waals surface area (Å²) in [5.74, 6) is -0.308. The molecule has 0 bridgehead atoms. The molecule has 0 aromatic heterocycles. The molecule has 150 valence electrons. The molecule has 1 amide bonds.